The number of aromatic nitrogens is 4. The number of nitro groups is 3. The predicted molar refractivity (Wildman–Crippen MR) is 219 cm³/mol. The van der Waals surface area contributed by atoms with Crippen LogP contribution in [0.4, 0.5) is 5.69 Å². The van der Waals surface area contributed by atoms with Crippen molar-refractivity contribution in [3.63, 3.8) is 0 Å². The number of hydrogen-bond acceptors (Lipinski definition) is 8. The Bertz CT molecular complexity index is 3030. The topological polar surface area (TPSA) is 187 Å². The summed E-state index contributed by atoms with van der Waals surface area (Å²) in [5, 5.41) is 39.0. The number of nitrogens with one attached hydrogen (secondary N) is 2. The second kappa shape index (κ2) is 13.8. The third kappa shape index (κ3) is 6.01. The molecule has 2 aliphatic heterocycles. The summed E-state index contributed by atoms with van der Waals surface area (Å²) in [4.78, 5) is 54.0. The summed E-state index contributed by atoms with van der Waals surface area (Å²) < 4.78 is 0. The highest BCUT2D eigenvalue weighted by molar-refractivity contribution is 6.03. The standard InChI is InChI=1S/C44H27N7O6/c52-49(53)35-24-33-39(27-15-7-2-8-16-27)34-25-37(51(56)57)44(48-34)41(29-19-11-4-12-20-29)43-36(50(54)55)23-32(47-43)38(26-13-5-1-6-14-26)30-21-22-31(45-30)40(42(35)46-33)28-17-9-3-10-18-28/h1-25,45,48H. The quantitative estimate of drug-likeness (QED) is 0.119. The maximum absolute atomic E-state index is 13.0. The first-order valence-electron chi connectivity index (χ1n) is 17.7. The van der Waals surface area contributed by atoms with Crippen molar-refractivity contribution in [2.45, 2.75) is 0 Å². The summed E-state index contributed by atoms with van der Waals surface area (Å²) in [5.41, 5.74) is 4.17. The molecule has 0 spiro atoms. The van der Waals surface area contributed by atoms with Crippen LogP contribution in [0.1, 0.15) is 22.8 Å². The van der Waals surface area contributed by atoms with E-state index in [2.05, 4.69) is 9.97 Å². The van der Waals surface area contributed by atoms with E-state index in [4.69, 9.17) is 9.97 Å². The molecule has 9 rings (SSSR count). The maximum Gasteiger partial charge on any atom is 0.297 e. The van der Waals surface area contributed by atoms with Gasteiger partial charge in [-0.15, -0.1) is 0 Å². The van der Waals surface area contributed by atoms with Gasteiger partial charge in [-0.1, -0.05) is 121 Å². The van der Waals surface area contributed by atoms with Gasteiger partial charge in [-0.3, -0.25) is 30.3 Å². The lowest BCUT2D eigenvalue weighted by molar-refractivity contribution is -0.382. The first-order valence-corrected chi connectivity index (χ1v) is 17.7. The minimum absolute atomic E-state index is 0.0456. The van der Waals surface area contributed by atoms with Gasteiger partial charge in [0, 0.05) is 51.5 Å². The van der Waals surface area contributed by atoms with Gasteiger partial charge in [-0.05, 0) is 34.4 Å². The first kappa shape index (κ1) is 34.4. The summed E-state index contributed by atoms with van der Waals surface area (Å²) in [7, 11) is 0. The van der Waals surface area contributed by atoms with Crippen LogP contribution >= 0.6 is 0 Å². The number of hydrogen-bond donors (Lipinski definition) is 2. The van der Waals surface area contributed by atoms with Gasteiger partial charge < -0.3 is 9.97 Å². The van der Waals surface area contributed by atoms with E-state index >= 15 is 0 Å². The van der Waals surface area contributed by atoms with Crippen LogP contribution in [0.3, 0.4) is 0 Å². The molecule has 0 aliphatic carbocycles. The molecule has 2 N–H and O–H groups in total. The van der Waals surface area contributed by atoms with Gasteiger partial charge in [0.2, 0.25) is 0 Å². The van der Waals surface area contributed by atoms with Gasteiger partial charge in [0.25, 0.3) is 17.1 Å². The SMILES string of the molecule is O=[N+]([O-])C1=Cc2nc1c(-c1ccccc1)c1ccc([nH]1)c(-c1ccccc1)c1nc(c(-c3ccccc3)c3[nH]c(cc3[N+](=O)[O-])c2-c2ccccc2)C([N+](=O)[O-])=C1. The molecule has 0 saturated carbocycles. The van der Waals surface area contributed by atoms with E-state index in [1.165, 1.54) is 18.2 Å². The fraction of sp³-hybridized carbons (Fsp3) is 0. The minimum atomic E-state index is -0.569. The molecule has 0 radical (unpaired) electrons. The Hall–Kier alpha value is -8.32. The zero-order valence-electron chi connectivity index (χ0n) is 29.6. The second-order valence-corrected chi connectivity index (χ2v) is 13.2. The van der Waals surface area contributed by atoms with Crippen LogP contribution in [-0.2, 0) is 0 Å². The van der Waals surface area contributed by atoms with Gasteiger partial charge in [-0.2, -0.15) is 0 Å². The maximum atomic E-state index is 13.0. The van der Waals surface area contributed by atoms with Gasteiger partial charge in [0.1, 0.15) is 5.52 Å². The average molecular weight is 750 g/mol. The Labute approximate surface area is 322 Å². The molecule has 4 aromatic carbocycles. The molecule has 13 heteroatoms. The summed E-state index contributed by atoms with van der Waals surface area (Å²) in [6, 6.07) is 40.8. The zero-order chi connectivity index (χ0) is 39.2. The molecule has 274 valence electrons. The van der Waals surface area contributed by atoms with Gasteiger partial charge >= 0.3 is 0 Å². The Morgan fingerprint density at radius 1 is 0.421 bits per heavy atom. The van der Waals surface area contributed by atoms with Crippen molar-refractivity contribution in [1.82, 2.24) is 19.9 Å². The minimum Gasteiger partial charge on any atom is -0.354 e. The van der Waals surface area contributed by atoms with Crippen LogP contribution in [0.5, 0.6) is 0 Å². The molecule has 7 aromatic rings. The normalized spacial score (nSPS) is 12.1. The lowest BCUT2D eigenvalue weighted by Gasteiger charge is -2.06. The highest BCUT2D eigenvalue weighted by Gasteiger charge is 2.33. The molecule has 57 heavy (non-hydrogen) atoms. The number of benzene rings is 4. The monoisotopic (exact) mass is 749 g/mol. The highest BCUT2D eigenvalue weighted by atomic mass is 16.6. The molecule has 0 saturated heterocycles. The highest BCUT2D eigenvalue weighted by Crippen LogP contribution is 2.43. The van der Waals surface area contributed by atoms with Crippen molar-refractivity contribution in [3.05, 3.63) is 193 Å². The van der Waals surface area contributed by atoms with Crippen molar-refractivity contribution in [2.75, 3.05) is 0 Å². The van der Waals surface area contributed by atoms with E-state index in [0.29, 0.717) is 50.0 Å². The van der Waals surface area contributed by atoms with Crippen LogP contribution in [0.2, 0.25) is 0 Å². The number of fused-ring (bicyclic) bond motifs is 8. The molecular weight excluding hydrogens is 723 g/mol. The van der Waals surface area contributed by atoms with Crippen molar-refractivity contribution in [2.24, 2.45) is 0 Å². The van der Waals surface area contributed by atoms with E-state index in [-0.39, 0.29) is 56.5 Å². The van der Waals surface area contributed by atoms with Crippen molar-refractivity contribution in [1.29, 1.82) is 0 Å². The van der Waals surface area contributed by atoms with Gasteiger partial charge in [0.15, 0.2) is 11.4 Å². The van der Waals surface area contributed by atoms with Crippen LogP contribution in [0, 0.1) is 30.3 Å². The lowest BCUT2D eigenvalue weighted by Crippen LogP contribution is -1.99. The number of aromatic amines is 2. The molecule has 0 amide bonds. The predicted octanol–water partition coefficient (Wildman–Crippen LogP) is 10.4. The summed E-state index contributed by atoms with van der Waals surface area (Å²) in [6.45, 7) is 0. The fourth-order valence-corrected chi connectivity index (χ4v) is 7.44. The third-order valence-corrected chi connectivity index (χ3v) is 9.86. The van der Waals surface area contributed by atoms with E-state index in [1.807, 2.05) is 60.7 Å². The van der Waals surface area contributed by atoms with Crippen LogP contribution in [0.15, 0.2) is 140 Å². The second-order valence-electron chi connectivity index (χ2n) is 13.2. The van der Waals surface area contributed by atoms with E-state index in [9.17, 15) is 30.3 Å². The third-order valence-electron chi connectivity index (χ3n) is 9.86. The van der Waals surface area contributed by atoms with Crippen LogP contribution in [-0.4, -0.2) is 34.7 Å². The zero-order valence-corrected chi connectivity index (χ0v) is 29.6. The van der Waals surface area contributed by atoms with Gasteiger partial charge in [-0.25, -0.2) is 9.97 Å². The smallest absolute Gasteiger partial charge is 0.297 e. The van der Waals surface area contributed by atoms with Crippen molar-refractivity contribution in [3.8, 4) is 44.5 Å². The van der Waals surface area contributed by atoms with E-state index in [0.717, 1.165) is 0 Å². The van der Waals surface area contributed by atoms with Crippen molar-refractivity contribution < 1.29 is 14.8 Å². The Balaban J connectivity index is 1.60. The number of nitrogens with zero attached hydrogens (tertiary/aromatic N) is 5. The summed E-state index contributed by atoms with van der Waals surface area (Å²) in [5.74, 6) is 0. The number of H-pyrrole nitrogens is 2. The molecule has 13 nitrogen and oxygen atoms in total. The molecule has 5 heterocycles. The summed E-state index contributed by atoms with van der Waals surface area (Å²) in [6.07, 6.45) is 2.74. The summed E-state index contributed by atoms with van der Waals surface area (Å²) >= 11 is 0. The molecule has 0 unspecified atom stereocenters. The molecule has 0 atom stereocenters. The van der Waals surface area contributed by atoms with Crippen LogP contribution < -0.4 is 0 Å². The molecule has 2 aliphatic rings. The van der Waals surface area contributed by atoms with Crippen molar-refractivity contribution >= 4 is 51.3 Å². The Morgan fingerprint density at radius 2 is 0.807 bits per heavy atom. The van der Waals surface area contributed by atoms with Crippen LogP contribution in [0.25, 0.3) is 90.1 Å². The van der Waals surface area contributed by atoms with Gasteiger partial charge in [0.05, 0.1) is 31.7 Å². The molecule has 3 aromatic heterocycles. The largest absolute Gasteiger partial charge is 0.354 e. The van der Waals surface area contributed by atoms with E-state index < -0.39 is 14.8 Å². The average Bonchev–Trinajstić information content (AvgIpc) is 4.05. The lowest BCUT2D eigenvalue weighted by atomic mass is 10.0. The molecular formula is C44H27N7O6. The fourth-order valence-electron chi connectivity index (χ4n) is 7.44. The molecule has 0 fully saturated rings. The first-order chi connectivity index (χ1) is 27.8. The van der Waals surface area contributed by atoms with E-state index in [1.54, 1.807) is 72.8 Å². The molecule has 8 bridgehead atoms. The Morgan fingerprint density at radius 3 is 1.25 bits per heavy atom. The Kier molecular flexibility index (Phi) is 8.36. The number of rotatable bonds is 7.